The maximum Gasteiger partial charge on any atom is 0.0530 e. The Morgan fingerprint density at radius 2 is 0.889 bits per heavy atom. The maximum absolute atomic E-state index is 2.41. The molecular weight excluding hydrogens is 436 g/mol. The van der Waals surface area contributed by atoms with Gasteiger partial charge in [-0.1, -0.05) is 84.9 Å². The summed E-state index contributed by atoms with van der Waals surface area (Å²) in [6, 6.07) is 36.1. The minimum absolute atomic E-state index is 0.425. The molecule has 2 aromatic heterocycles. The van der Waals surface area contributed by atoms with Crippen molar-refractivity contribution >= 4 is 21.8 Å². The smallest absolute Gasteiger partial charge is 0.0530 e. The van der Waals surface area contributed by atoms with Crippen molar-refractivity contribution in [1.82, 2.24) is 9.13 Å². The van der Waals surface area contributed by atoms with Gasteiger partial charge in [0.25, 0.3) is 0 Å². The molecule has 0 amide bonds. The first-order valence-electron chi connectivity index (χ1n) is 13.1. The lowest BCUT2D eigenvalue weighted by atomic mass is 9.84. The summed E-state index contributed by atoms with van der Waals surface area (Å²) >= 11 is 0. The molecule has 4 aromatic carbocycles. The first kappa shape index (κ1) is 20.2. The third-order valence-corrected chi connectivity index (χ3v) is 8.92. The Kier molecular flexibility index (Phi) is 4.06. The van der Waals surface area contributed by atoms with Crippen molar-refractivity contribution in [3.63, 3.8) is 0 Å². The molecule has 2 nitrogen and oxygen atoms in total. The number of fused-ring (bicyclic) bond motifs is 10. The van der Waals surface area contributed by atoms with E-state index in [1.54, 1.807) is 0 Å². The number of hydrogen-bond donors (Lipinski definition) is 0. The summed E-state index contributed by atoms with van der Waals surface area (Å²) in [6.07, 6.45) is 2.28. The van der Waals surface area contributed by atoms with E-state index >= 15 is 0 Å². The van der Waals surface area contributed by atoms with E-state index < -0.39 is 0 Å². The predicted molar refractivity (Wildman–Crippen MR) is 150 cm³/mol. The molecule has 2 aliphatic rings. The summed E-state index contributed by atoms with van der Waals surface area (Å²) in [7, 11) is 4.46. The zero-order valence-corrected chi connectivity index (χ0v) is 20.7. The van der Waals surface area contributed by atoms with Gasteiger partial charge in [-0.3, -0.25) is 0 Å². The summed E-state index contributed by atoms with van der Waals surface area (Å²) in [5, 5.41) is 2.82. The summed E-state index contributed by atoms with van der Waals surface area (Å²) in [5.41, 5.74) is 14.4. The van der Waals surface area contributed by atoms with Gasteiger partial charge in [0.05, 0.1) is 11.4 Å². The van der Waals surface area contributed by atoms with E-state index in [4.69, 9.17) is 0 Å². The fraction of sp³-hybridized carbons (Fsp3) is 0.176. The van der Waals surface area contributed by atoms with Crippen LogP contribution in [-0.4, -0.2) is 9.13 Å². The number of rotatable bonds is 3. The van der Waals surface area contributed by atoms with Crippen LogP contribution in [0.1, 0.15) is 46.9 Å². The van der Waals surface area contributed by atoms with E-state index in [1.807, 2.05) is 0 Å². The zero-order valence-electron chi connectivity index (χ0n) is 20.7. The summed E-state index contributed by atoms with van der Waals surface area (Å²) < 4.78 is 4.83. The number of hydrogen-bond acceptors (Lipinski definition) is 0. The fourth-order valence-electron chi connectivity index (χ4n) is 7.48. The predicted octanol–water partition coefficient (Wildman–Crippen LogP) is 8.38. The first-order chi connectivity index (χ1) is 17.7. The highest BCUT2D eigenvalue weighted by atomic mass is 15.0. The molecule has 2 unspecified atom stereocenters. The largest absolute Gasteiger partial charge is 0.343 e. The van der Waals surface area contributed by atoms with Gasteiger partial charge in [0.15, 0.2) is 0 Å². The average molecular weight is 465 g/mol. The fourth-order valence-corrected chi connectivity index (χ4v) is 7.48. The van der Waals surface area contributed by atoms with E-state index in [-0.39, 0.29) is 0 Å². The molecule has 174 valence electrons. The molecule has 0 spiro atoms. The zero-order chi connectivity index (χ0) is 24.0. The van der Waals surface area contributed by atoms with Gasteiger partial charge in [0.1, 0.15) is 0 Å². The van der Waals surface area contributed by atoms with Gasteiger partial charge in [0, 0.05) is 58.9 Å². The molecule has 2 aliphatic carbocycles. The van der Waals surface area contributed by atoms with E-state index in [1.165, 1.54) is 66.6 Å². The molecule has 2 atom stereocenters. The lowest BCUT2D eigenvalue weighted by molar-refractivity contribution is 0.630. The van der Waals surface area contributed by atoms with Crippen molar-refractivity contribution in [3.05, 3.63) is 119 Å². The third kappa shape index (κ3) is 2.47. The molecule has 2 heteroatoms. The van der Waals surface area contributed by atoms with Crippen LogP contribution in [0.25, 0.3) is 44.3 Å². The van der Waals surface area contributed by atoms with Crippen LogP contribution in [0.4, 0.5) is 0 Å². The second-order valence-corrected chi connectivity index (χ2v) is 10.5. The highest BCUT2D eigenvalue weighted by Gasteiger charge is 2.37. The quantitative estimate of drug-likeness (QED) is 0.249. The molecule has 0 N–H and O–H groups in total. The van der Waals surface area contributed by atoms with Gasteiger partial charge in [-0.2, -0.15) is 0 Å². The second-order valence-electron chi connectivity index (χ2n) is 10.5. The summed E-state index contributed by atoms with van der Waals surface area (Å²) in [6.45, 7) is 0. The standard InChI is InChI=1S/C34H28N2/c1-35-29-17-9-7-15-27(29)31-23(21-11-3-5-13-25(21)33(31)35)19-20-24-22-12-4-6-14-26(22)34-32(24)28-16-8-10-18-30(28)36(34)2/h3-18,23-24H,19-20H2,1-2H3. The van der Waals surface area contributed by atoms with Gasteiger partial charge < -0.3 is 9.13 Å². The molecule has 6 aromatic rings. The van der Waals surface area contributed by atoms with Crippen LogP contribution >= 0.6 is 0 Å². The van der Waals surface area contributed by atoms with Crippen molar-refractivity contribution in [2.24, 2.45) is 14.1 Å². The van der Waals surface area contributed by atoms with Gasteiger partial charge >= 0.3 is 0 Å². The Bertz CT molecular complexity index is 1690. The van der Waals surface area contributed by atoms with Gasteiger partial charge in [-0.25, -0.2) is 0 Å². The number of nitrogens with zero attached hydrogens (tertiary/aromatic N) is 2. The molecule has 0 saturated carbocycles. The molecule has 0 bridgehead atoms. The highest BCUT2D eigenvalue weighted by Crippen LogP contribution is 2.55. The van der Waals surface area contributed by atoms with Crippen molar-refractivity contribution in [1.29, 1.82) is 0 Å². The van der Waals surface area contributed by atoms with Crippen molar-refractivity contribution in [2.45, 2.75) is 24.7 Å². The average Bonchev–Trinajstić information content (AvgIpc) is 3.61. The monoisotopic (exact) mass is 464 g/mol. The molecular formula is C34H28N2. The number of aromatic nitrogens is 2. The number of benzene rings is 4. The molecule has 8 rings (SSSR count). The van der Waals surface area contributed by atoms with Crippen LogP contribution in [0, 0.1) is 0 Å². The topological polar surface area (TPSA) is 9.86 Å². The van der Waals surface area contributed by atoms with Crippen LogP contribution in [-0.2, 0) is 14.1 Å². The van der Waals surface area contributed by atoms with Gasteiger partial charge in [-0.15, -0.1) is 0 Å². The SMILES string of the molecule is Cn1c2c(c3ccccc31)C(CCC1c3ccccc3-c3c1c1ccccc1n3C)c1ccccc1-2. The second kappa shape index (κ2) is 7.24. The van der Waals surface area contributed by atoms with Gasteiger partial charge in [-0.05, 0) is 47.2 Å². The molecule has 0 aliphatic heterocycles. The molecule has 0 fully saturated rings. The normalized spacial score (nSPS) is 17.4. The third-order valence-electron chi connectivity index (χ3n) is 8.92. The minimum Gasteiger partial charge on any atom is -0.343 e. The van der Waals surface area contributed by atoms with E-state index in [0.717, 1.165) is 12.8 Å². The van der Waals surface area contributed by atoms with Crippen LogP contribution < -0.4 is 0 Å². The summed E-state index contributed by atoms with van der Waals surface area (Å²) in [5.74, 6) is 0.849. The Morgan fingerprint density at radius 1 is 0.500 bits per heavy atom. The molecule has 36 heavy (non-hydrogen) atoms. The Morgan fingerprint density at radius 3 is 1.36 bits per heavy atom. The first-order valence-corrected chi connectivity index (χ1v) is 13.1. The molecule has 0 saturated heterocycles. The Labute approximate surface area is 211 Å². The highest BCUT2D eigenvalue weighted by molar-refractivity contribution is 5.98. The van der Waals surface area contributed by atoms with Crippen molar-refractivity contribution in [2.75, 3.05) is 0 Å². The maximum atomic E-state index is 2.41. The van der Waals surface area contributed by atoms with E-state index in [2.05, 4.69) is 120 Å². The Balaban J connectivity index is 1.28. The lowest BCUT2D eigenvalue weighted by Gasteiger charge is -2.19. The van der Waals surface area contributed by atoms with Gasteiger partial charge in [0.2, 0.25) is 0 Å². The molecule has 2 heterocycles. The van der Waals surface area contributed by atoms with E-state index in [0.29, 0.717) is 11.8 Å². The lowest BCUT2D eigenvalue weighted by Crippen LogP contribution is -2.03. The van der Waals surface area contributed by atoms with Crippen LogP contribution in [0.3, 0.4) is 0 Å². The van der Waals surface area contributed by atoms with E-state index in [9.17, 15) is 0 Å². The van der Waals surface area contributed by atoms with Crippen LogP contribution in [0.5, 0.6) is 0 Å². The van der Waals surface area contributed by atoms with Crippen molar-refractivity contribution in [3.8, 4) is 22.5 Å². The van der Waals surface area contributed by atoms with Crippen LogP contribution in [0.2, 0.25) is 0 Å². The molecule has 0 radical (unpaired) electrons. The number of para-hydroxylation sites is 2. The van der Waals surface area contributed by atoms with Crippen molar-refractivity contribution < 1.29 is 0 Å². The minimum atomic E-state index is 0.425. The van der Waals surface area contributed by atoms with Crippen LogP contribution in [0.15, 0.2) is 97.1 Å². The summed E-state index contributed by atoms with van der Waals surface area (Å²) in [4.78, 5) is 0. The number of aryl methyl sites for hydroxylation is 2. The Hall–Kier alpha value is -4.04.